The van der Waals surface area contributed by atoms with Gasteiger partial charge < -0.3 is 0 Å². The number of hydrogen-bond donors (Lipinski definition) is 0. The molecule has 0 unspecified atom stereocenters. The van der Waals surface area contributed by atoms with Crippen LogP contribution in [0.1, 0.15) is 19.3 Å². The number of hydrogen-bond acceptors (Lipinski definition) is 1. The predicted octanol–water partition coefficient (Wildman–Crippen LogP) is 2.36. The average molecular weight is 141 g/mol. The molecule has 0 aromatic heterocycles. The van der Waals surface area contributed by atoms with Gasteiger partial charge in [-0.25, -0.2) is 0 Å². The summed E-state index contributed by atoms with van der Waals surface area (Å²) in [6, 6.07) is 0. The van der Waals surface area contributed by atoms with Crippen LogP contribution in [0.4, 0.5) is 0 Å². The Hall–Kier alpha value is -0.0900. The van der Waals surface area contributed by atoms with E-state index in [1.165, 1.54) is 0 Å². The molecule has 0 N–H and O–H groups in total. The normalized spacial score (nSPS) is 8.22. The molecule has 0 rings (SSSR count). The third kappa shape index (κ3) is 7.91. The first-order valence-corrected chi connectivity index (χ1v) is 4.55. The minimum absolute atomic E-state index is 0.937. The standard InChI is InChI=1S/C8H13S/c1-3-4-5-6-7-8-9-2/h1,3-4,7-8H2,2H3. The van der Waals surface area contributed by atoms with E-state index in [-0.39, 0.29) is 0 Å². The molecular weight excluding hydrogens is 128 g/mol. The van der Waals surface area contributed by atoms with Gasteiger partial charge in [-0.2, -0.15) is 11.8 Å². The summed E-state index contributed by atoms with van der Waals surface area (Å²) in [7, 11) is 0. The van der Waals surface area contributed by atoms with Crippen molar-refractivity contribution in [3.63, 3.8) is 0 Å². The van der Waals surface area contributed by atoms with Gasteiger partial charge in [0.2, 0.25) is 0 Å². The van der Waals surface area contributed by atoms with E-state index in [1.54, 1.807) is 0 Å². The van der Waals surface area contributed by atoms with Crippen LogP contribution < -0.4 is 0 Å². The molecule has 0 fully saturated rings. The second-order valence-corrected chi connectivity index (χ2v) is 2.69. The first kappa shape index (κ1) is 8.91. The van der Waals surface area contributed by atoms with Crippen LogP contribution in [-0.4, -0.2) is 12.0 Å². The zero-order valence-corrected chi connectivity index (χ0v) is 6.76. The Bertz CT molecular complexity index is 96.9. The van der Waals surface area contributed by atoms with Gasteiger partial charge >= 0.3 is 0 Å². The lowest BCUT2D eigenvalue weighted by Crippen LogP contribution is -1.71. The molecule has 0 bridgehead atoms. The molecule has 0 aromatic carbocycles. The second kappa shape index (κ2) is 7.91. The minimum Gasteiger partial charge on any atom is -0.164 e. The van der Waals surface area contributed by atoms with E-state index >= 15 is 0 Å². The summed E-state index contributed by atoms with van der Waals surface area (Å²) in [6.07, 6.45) is 5.02. The zero-order valence-electron chi connectivity index (χ0n) is 5.94. The summed E-state index contributed by atoms with van der Waals surface area (Å²) in [6.45, 7) is 3.70. The largest absolute Gasteiger partial charge is 0.164 e. The molecule has 0 nitrogen and oxygen atoms in total. The van der Waals surface area contributed by atoms with Crippen LogP contribution in [0.15, 0.2) is 0 Å². The van der Waals surface area contributed by atoms with E-state index in [0.29, 0.717) is 0 Å². The maximum atomic E-state index is 3.70. The van der Waals surface area contributed by atoms with Gasteiger partial charge in [-0.15, -0.1) is 11.8 Å². The van der Waals surface area contributed by atoms with Crippen LogP contribution in [-0.2, 0) is 0 Å². The van der Waals surface area contributed by atoms with Crippen molar-refractivity contribution < 1.29 is 0 Å². The monoisotopic (exact) mass is 141 g/mol. The maximum absolute atomic E-state index is 3.70. The van der Waals surface area contributed by atoms with Crippen molar-refractivity contribution in [2.45, 2.75) is 19.3 Å². The fourth-order valence-electron chi connectivity index (χ4n) is 0.418. The van der Waals surface area contributed by atoms with Crippen molar-refractivity contribution >= 4 is 11.8 Å². The zero-order chi connectivity index (χ0) is 6.95. The van der Waals surface area contributed by atoms with Crippen LogP contribution in [0.5, 0.6) is 0 Å². The van der Waals surface area contributed by atoms with Crippen LogP contribution in [0.3, 0.4) is 0 Å². The van der Waals surface area contributed by atoms with Gasteiger partial charge in [-0.3, -0.25) is 0 Å². The van der Waals surface area contributed by atoms with Gasteiger partial charge in [0, 0.05) is 18.6 Å². The molecule has 0 aliphatic carbocycles. The summed E-state index contributed by atoms with van der Waals surface area (Å²) in [5, 5.41) is 0. The molecule has 0 heterocycles. The Kier molecular flexibility index (Phi) is 7.83. The van der Waals surface area contributed by atoms with Gasteiger partial charge in [-0.05, 0) is 12.7 Å². The van der Waals surface area contributed by atoms with Crippen molar-refractivity contribution in [1.29, 1.82) is 0 Å². The van der Waals surface area contributed by atoms with E-state index < -0.39 is 0 Å². The molecule has 0 spiro atoms. The SMILES string of the molecule is [CH2]CCC#CCCSC. The molecule has 0 aromatic rings. The molecule has 0 saturated carbocycles. The van der Waals surface area contributed by atoms with Gasteiger partial charge in [-0.1, -0.05) is 6.92 Å². The lowest BCUT2D eigenvalue weighted by molar-refractivity contribution is 1.08. The molecule has 0 saturated heterocycles. The van der Waals surface area contributed by atoms with Gasteiger partial charge in [0.15, 0.2) is 0 Å². The Labute approximate surface area is 62.4 Å². The van der Waals surface area contributed by atoms with Crippen molar-refractivity contribution in [1.82, 2.24) is 0 Å². The highest BCUT2D eigenvalue weighted by atomic mass is 32.2. The highest BCUT2D eigenvalue weighted by Crippen LogP contribution is 1.93. The molecule has 0 aliphatic rings. The van der Waals surface area contributed by atoms with Gasteiger partial charge in [0.05, 0.1) is 0 Å². The van der Waals surface area contributed by atoms with Gasteiger partial charge in [0.1, 0.15) is 0 Å². The molecule has 1 radical (unpaired) electrons. The van der Waals surface area contributed by atoms with E-state index in [2.05, 4.69) is 25.0 Å². The average Bonchev–Trinajstić information content (AvgIpc) is 1.89. The van der Waals surface area contributed by atoms with Crippen LogP contribution in [0, 0.1) is 18.8 Å². The van der Waals surface area contributed by atoms with E-state index in [0.717, 1.165) is 25.0 Å². The summed E-state index contributed by atoms with van der Waals surface area (Å²) in [5.74, 6) is 7.28. The first-order valence-electron chi connectivity index (χ1n) is 3.15. The fraction of sp³-hybridized carbons (Fsp3) is 0.625. The minimum atomic E-state index is 0.937. The van der Waals surface area contributed by atoms with Crippen LogP contribution >= 0.6 is 11.8 Å². The first-order chi connectivity index (χ1) is 4.41. The molecule has 9 heavy (non-hydrogen) atoms. The lowest BCUT2D eigenvalue weighted by Gasteiger charge is -1.83. The van der Waals surface area contributed by atoms with Crippen LogP contribution in [0.25, 0.3) is 0 Å². The van der Waals surface area contributed by atoms with E-state index in [1.807, 2.05) is 11.8 Å². The number of rotatable bonds is 3. The quantitative estimate of drug-likeness (QED) is 0.429. The van der Waals surface area contributed by atoms with Crippen molar-refractivity contribution in [3.8, 4) is 11.8 Å². The van der Waals surface area contributed by atoms with Crippen molar-refractivity contribution in [2.24, 2.45) is 0 Å². The Morgan fingerprint density at radius 1 is 1.33 bits per heavy atom. The Balaban J connectivity index is 2.96. The van der Waals surface area contributed by atoms with Crippen LogP contribution in [0.2, 0.25) is 0 Å². The summed E-state index contributed by atoms with van der Waals surface area (Å²) < 4.78 is 0. The van der Waals surface area contributed by atoms with E-state index in [9.17, 15) is 0 Å². The summed E-state index contributed by atoms with van der Waals surface area (Å²) in [5.41, 5.74) is 0. The molecular formula is C8H13S. The summed E-state index contributed by atoms with van der Waals surface area (Å²) >= 11 is 1.84. The third-order valence-corrected chi connectivity index (χ3v) is 1.47. The van der Waals surface area contributed by atoms with Crippen molar-refractivity contribution in [2.75, 3.05) is 12.0 Å². The lowest BCUT2D eigenvalue weighted by atomic mass is 10.3. The maximum Gasteiger partial charge on any atom is 0.0179 e. The molecule has 51 valence electrons. The smallest absolute Gasteiger partial charge is 0.0179 e. The number of unbranched alkanes of at least 4 members (excludes halogenated alkanes) is 1. The molecule has 1 heteroatoms. The second-order valence-electron chi connectivity index (χ2n) is 1.70. The summed E-state index contributed by atoms with van der Waals surface area (Å²) in [4.78, 5) is 0. The molecule has 0 atom stereocenters. The van der Waals surface area contributed by atoms with Gasteiger partial charge in [0.25, 0.3) is 0 Å². The predicted molar refractivity (Wildman–Crippen MR) is 45.4 cm³/mol. The Morgan fingerprint density at radius 3 is 2.56 bits per heavy atom. The molecule has 0 aliphatic heterocycles. The Morgan fingerprint density at radius 2 is 2.00 bits per heavy atom. The van der Waals surface area contributed by atoms with E-state index in [4.69, 9.17) is 0 Å². The highest BCUT2D eigenvalue weighted by Gasteiger charge is 1.75. The van der Waals surface area contributed by atoms with Crippen molar-refractivity contribution in [3.05, 3.63) is 6.92 Å². The number of thioether (sulfide) groups is 1. The topological polar surface area (TPSA) is 0 Å². The fourth-order valence-corrected chi connectivity index (χ4v) is 0.724. The third-order valence-electron chi connectivity index (χ3n) is 0.858. The highest BCUT2D eigenvalue weighted by molar-refractivity contribution is 7.98. The molecule has 0 amide bonds.